The predicted octanol–water partition coefficient (Wildman–Crippen LogP) is 0.705. The number of rotatable bonds is 6. The molecule has 1 aromatic rings. The summed E-state index contributed by atoms with van der Waals surface area (Å²) in [5, 5.41) is 3.26. The third kappa shape index (κ3) is 5.98. The van der Waals surface area contributed by atoms with Crippen LogP contribution in [0.5, 0.6) is 11.5 Å². The van der Waals surface area contributed by atoms with Crippen LogP contribution in [0, 0.1) is 0 Å². The molecule has 2 aliphatic heterocycles. The highest BCUT2D eigenvalue weighted by molar-refractivity contribution is 5.97. The van der Waals surface area contributed by atoms with Gasteiger partial charge in [0, 0.05) is 71.4 Å². The van der Waals surface area contributed by atoms with Crippen molar-refractivity contribution in [2.24, 2.45) is 0 Å². The van der Waals surface area contributed by atoms with Crippen molar-refractivity contribution in [2.45, 2.75) is 6.42 Å². The van der Waals surface area contributed by atoms with Gasteiger partial charge in [0.15, 0.2) is 0 Å². The van der Waals surface area contributed by atoms with Gasteiger partial charge in [-0.1, -0.05) is 0 Å². The second kappa shape index (κ2) is 11.2. The molecule has 0 saturated carbocycles. The van der Waals surface area contributed by atoms with Gasteiger partial charge in [-0.3, -0.25) is 14.5 Å². The van der Waals surface area contributed by atoms with Crippen molar-refractivity contribution in [1.29, 1.82) is 0 Å². The minimum Gasteiger partial charge on any atom is -0.497 e. The molecule has 2 fully saturated rings. The van der Waals surface area contributed by atoms with Crippen LogP contribution in [0.2, 0.25) is 0 Å². The van der Waals surface area contributed by atoms with Crippen molar-refractivity contribution in [2.75, 3.05) is 73.1 Å². The zero-order valence-electron chi connectivity index (χ0n) is 17.2. The molecule has 3 rings (SSSR count). The Bertz CT molecular complexity index is 689. The van der Waals surface area contributed by atoms with Gasteiger partial charge in [0.25, 0.3) is 5.91 Å². The average molecular weight is 427 g/mol. The highest BCUT2D eigenvalue weighted by Crippen LogP contribution is 2.26. The van der Waals surface area contributed by atoms with Crippen molar-refractivity contribution in [1.82, 2.24) is 20.0 Å². The zero-order valence-corrected chi connectivity index (χ0v) is 18.0. The molecule has 162 valence electrons. The van der Waals surface area contributed by atoms with Gasteiger partial charge >= 0.3 is 0 Å². The first kappa shape index (κ1) is 23.3. The topological polar surface area (TPSA) is 74.4 Å². The van der Waals surface area contributed by atoms with Crippen molar-refractivity contribution >= 4 is 24.2 Å². The molecule has 2 saturated heterocycles. The number of halogens is 1. The first-order valence-corrected chi connectivity index (χ1v) is 9.84. The molecule has 1 aromatic carbocycles. The first-order valence-electron chi connectivity index (χ1n) is 9.84. The number of amides is 2. The largest absolute Gasteiger partial charge is 0.497 e. The van der Waals surface area contributed by atoms with Crippen LogP contribution in [0.4, 0.5) is 0 Å². The lowest BCUT2D eigenvalue weighted by atomic mass is 10.1. The van der Waals surface area contributed by atoms with E-state index in [1.54, 1.807) is 32.4 Å². The number of methoxy groups -OCH3 is 2. The van der Waals surface area contributed by atoms with E-state index in [9.17, 15) is 9.59 Å². The Labute approximate surface area is 178 Å². The van der Waals surface area contributed by atoms with Crippen molar-refractivity contribution in [3.63, 3.8) is 0 Å². The molecule has 0 aromatic heterocycles. The Kier molecular flexibility index (Phi) is 9.00. The maximum atomic E-state index is 12.9. The Hall–Kier alpha value is -2.03. The molecule has 0 radical (unpaired) electrons. The minimum absolute atomic E-state index is 0. The summed E-state index contributed by atoms with van der Waals surface area (Å²) < 4.78 is 10.6. The van der Waals surface area contributed by atoms with E-state index < -0.39 is 0 Å². The molecule has 0 atom stereocenters. The van der Waals surface area contributed by atoms with Gasteiger partial charge in [0.05, 0.1) is 19.8 Å². The number of hydrogen-bond acceptors (Lipinski definition) is 6. The zero-order chi connectivity index (χ0) is 19.9. The fourth-order valence-electron chi connectivity index (χ4n) is 3.65. The number of hydrogen-bond donors (Lipinski definition) is 1. The van der Waals surface area contributed by atoms with E-state index in [0.717, 1.165) is 45.8 Å². The van der Waals surface area contributed by atoms with Crippen LogP contribution in [0.1, 0.15) is 16.8 Å². The average Bonchev–Trinajstić information content (AvgIpc) is 2.77. The number of carbonyl (C=O) groups is 2. The first-order chi connectivity index (χ1) is 13.6. The van der Waals surface area contributed by atoms with E-state index in [1.165, 1.54) is 0 Å². The van der Waals surface area contributed by atoms with Crippen LogP contribution in [0.15, 0.2) is 18.2 Å². The van der Waals surface area contributed by atoms with E-state index in [2.05, 4.69) is 10.2 Å². The molecule has 0 aliphatic carbocycles. The van der Waals surface area contributed by atoms with Gasteiger partial charge in [-0.15, -0.1) is 12.4 Å². The lowest BCUT2D eigenvalue weighted by Gasteiger charge is -2.35. The van der Waals surface area contributed by atoms with E-state index >= 15 is 0 Å². The molecule has 0 spiro atoms. The number of benzene rings is 1. The monoisotopic (exact) mass is 426 g/mol. The van der Waals surface area contributed by atoms with Gasteiger partial charge in [-0.05, 0) is 12.1 Å². The quantitative estimate of drug-likeness (QED) is 0.722. The Morgan fingerprint density at radius 1 is 0.966 bits per heavy atom. The SMILES string of the molecule is COc1ccc(C(=O)N2CCN(CCC(=O)N3CCNCC3)CC2)c(OC)c1.Cl. The molecular weight excluding hydrogens is 396 g/mol. The molecule has 29 heavy (non-hydrogen) atoms. The van der Waals surface area contributed by atoms with Gasteiger partial charge in [0.1, 0.15) is 11.5 Å². The third-order valence-electron chi connectivity index (χ3n) is 5.41. The standard InChI is InChI=1S/C20H30N4O4.ClH/c1-27-16-3-4-17(18(15-16)28-2)20(26)24-13-11-22(12-14-24)8-5-19(25)23-9-6-21-7-10-23;/h3-4,15,21H,5-14H2,1-2H3;1H. The van der Waals surface area contributed by atoms with Crippen LogP contribution in [0.25, 0.3) is 0 Å². The van der Waals surface area contributed by atoms with Gasteiger partial charge in [-0.2, -0.15) is 0 Å². The van der Waals surface area contributed by atoms with E-state index in [-0.39, 0.29) is 24.2 Å². The number of carbonyl (C=O) groups excluding carboxylic acids is 2. The molecule has 0 unspecified atom stereocenters. The van der Waals surface area contributed by atoms with Gasteiger partial charge < -0.3 is 24.6 Å². The normalized spacial score (nSPS) is 17.4. The summed E-state index contributed by atoms with van der Waals surface area (Å²) in [4.78, 5) is 31.2. The number of nitrogens with zero attached hydrogens (tertiary/aromatic N) is 3. The fraction of sp³-hybridized carbons (Fsp3) is 0.600. The Morgan fingerprint density at radius 3 is 2.28 bits per heavy atom. The fourth-order valence-corrected chi connectivity index (χ4v) is 3.65. The van der Waals surface area contributed by atoms with Gasteiger partial charge in [0.2, 0.25) is 5.91 Å². The lowest BCUT2D eigenvalue weighted by molar-refractivity contribution is -0.132. The van der Waals surface area contributed by atoms with Crippen molar-refractivity contribution in [3.8, 4) is 11.5 Å². The predicted molar refractivity (Wildman–Crippen MR) is 113 cm³/mol. The minimum atomic E-state index is -0.0314. The summed E-state index contributed by atoms with van der Waals surface area (Å²) in [6, 6.07) is 5.25. The van der Waals surface area contributed by atoms with E-state index in [4.69, 9.17) is 9.47 Å². The maximum absolute atomic E-state index is 12.9. The van der Waals surface area contributed by atoms with Crippen LogP contribution >= 0.6 is 12.4 Å². The molecule has 2 amide bonds. The van der Waals surface area contributed by atoms with E-state index in [0.29, 0.717) is 36.6 Å². The van der Waals surface area contributed by atoms with Crippen LogP contribution in [-0.2, 0) is 4.79 Å². The van der Waals surface area contributed by atoms with Crippen LogP contribution < -0.4 is 14.8 Å². The molecule has 8 nitrogen and oxygen atoms in total. The molecule has 9 heteroatoms. The summed E-state index contributed by atoms with van der Waals surface area (Å²) in [5.74, 6) is 1.37. The van der Waals surface area contributed by atoms with Crippen LogP contribution in [0.3, 0.4) is 0 Å². The summed E-state index contributed by atoms with van der Waals surface area (Å²) in [6.07, 6.45) is 0.542. The molecule has 1 N–H and O–H groups in total. The smallest absolute Gasteiger partial charge is 0.257 e. The molecular formula is C20H31ClN4O4. The highest BCUT2D eigenvalue weighted by atomic mass is 35.5. The Balaban J connectivity index is 0.00000300. The number of ether oxygens (including phenoxy) is 2. The number of piperazine rings is 2. The molecule has 2 aliphatic rings. The van der Waals surface area contributed by atoms with Gasteiger partial charge in [-0.25, -0.2) is 0 Å². The third-order valence-corrected chi connectivity index (χ3v) is 5.41. The summed E-state index contributed by atoms with van der Waals surface area (Å²) in [6.45, 7) is 6.94. The molecule has 0 bridgehead atoms. The second-order valence-corrected chi connectivity index (χ2v) is 7.08. The Morgan fingerprint density at radius 2 is 1.66 bits per heavy atom. The van der Waals surface area contributed by atoms with E-state index in [1.807, 2.05) is 9.80 Å². The molecule has 2 heterocycles. The van der Waals surface area contributed by atoms with Crippen molar-refractivity contribution < 1.29 is 19.1 Å². The summed E-state index contributed by atoms with van der Waals surface area (Å²) >= 11 is 0. The summed E-state index contributed by atoms with van der Waals surface area (Å²) in [5.41, 5.74) is 0.547. The maximum Gasteiger partial charge on any atom is 0.257 e. The highest BCUT2D eigenvalue weighted by Gasteiger charge is 2.25. The second-order valence-electron chi connectivity index (χ2n) is 7.08. The lowest BCUT2D eigenvalue weighted by Crippen LogP contribution is -2.50. The summed E-state index contributed by atoms with van der Waals surface area (Å²) in [7, 11) is 3.14. The van der Waals surface area contributed by atoms with Crippen LogP contribution in [-0.4, -0.2) is 99.6 Å². The number of nitrogens with one attached hydrogen (secondary N) is 1. The van der Waals surface area contributed by atoms with Crippen molar-refractivity contribution in [3.05, 3.63) is 23.8 Å².